The van der Waals surface area contributed by atoms with Crippen molar-refractivity contribution >= 4 is 40.4 Å². The highest BCUT2D eigenvalue weighted by molar-refractivity contribution is 6.35. The van der Waals surface area contributed by atoms with E-state index in [0.29, 0.717) is 40.0 Å². The fourth-order valence-electron chi connectivity index (χ4n) is 3.02. The number of nitriles is 1. The van der Waals surface area contributed by atoms with E-state index in [1.807, 2.05) is 6.07 Å². The van der Waals surface area contributed by atoms with Crippen molar-refractivity contribution < 1.29 is 9.18 Å². The van der Waals surface area contributed by atoms with Gasteiger partial charge < -0.3 is 9.72 Å². The first-order valence-corrected chi connectivity index (χ1v) is 8.21. The number of amides is 1. The average molecular weight is 384 g/mol. The molecule has 0 aliphatic rings. The van der Waals surface area contributed by atoms with Crippen LogP contribution < -0.4 is 5.32 Å². The maximum Gasteiger partial charge on any atom is 0.212 e. The molecule has 10 heteroatoms. The number of imidazole rings is 1. The second kappa shape index (κ2) is 6.34. The molecule has 1 amide bonds. The standard InChI is InChI=1S/C17H11ClFN7O/c1-8(2-20)13-16(19)15(18)14(9-3-23-25-17(9)13)10-5-26-6-11(22-7-27)24-12(26)4-21-10/h3-8H,1H3,(H,22,27)(H,23,25). The maximum absolute atomic E-state index is 15.0. The molecule has 0 bridgehead atoms. The number of nitrogens with one attached hydrogen (secondary N) is 2. The number of H-pyrrole nitrogens is 1. The van der Waals surface area contributed by atoms with Gasteiger partial charge >= 0.3 is 0 Å². The van der Waals surface area contributed by atoms with Crippen LogP contribution in [-0.4, -0.2) is 31.0 Å². The Morgan fingerprint density at radius 2 is 2.26 bits per heavy atom. The molecule has 134 valence electrons. The number of hydrogen-bond donors (Lipinski definition) is 2. The summed E-state index contributed by atoms with van der Waals surface area (Å²) in [5.41, 5.74) is 1.81. The van der Waals surface area contributed by atoms with Crippen LogP contribution in [0.5, 0.6) is 0 Å². The maximum atomic E-state index is 15.0. The molecule has 0 aliphatic carbocycles. The van der Waals surface area contributed by atoms with Crippen LogP contribution in [0.1, 0.15) is 18.4 Å². The second-order valence-electron chi connectivity index (χ2n) is 5.85. The van der Waals surface area contributed by atoms with E-state index in [0.717, 1.165) is 0 Å². The fraction of sp³-hybridized carbons (Fsp3) is 0.118. The van der Waals surface area contributed by atoms with Gasteiger partial charge in [-0.2, -0.15) is 10.4 Å². The predicted octanol–water partition coefficient (Wildman–Crippen LogP) is 3.26. The first-order chi connectivity index (χ1) is 13.0. The third-order valence-corrected chi connectivity index (χ3v) is 4.61. The molecule has 4 aromatic rings. The number of aromatic amines is 1. The first-order valence-electron chi connectivity index (χ1n) is 7.84. The highest BCUT2D eigenvalue weighted by Crippen LogP contribution is 2.40. The summed E-state index contributed by atoms with van der Waals surface area (Å²) in [5.74, 6) is -1.04. The molecule has 2 N–H and O–H groups in total. The Morgan fingerprint density at radius 3 is 3.00 bits per heavy atom. The molecule has 1 atom stereocenters. The molecule has 0 spiro atoms. The molecule has 0 fully saturated rings. The lowest BCUT2D eigenvalue weighted by molar-refractivity contribution is -0.105. The monoisotopic (exact) mass is 383 g/mol. The van der Waals surface area contributed by atoms with Crippen molar-refractivity contribution in [3.8, 4) is 17.3 Å². The van der Waals surface area contributed by atoms with Gasteiger partial charge in [-0.15, -0.1) is 0 Å². The normalized spacial score (nSPS) is 12.2. The summed E-state index contributed by atoms with van der Waals surface area (Å²) >= 11 is 6.33. The van der Waals surface area contributed by atoms with Crippen LogP contribution in [0.15, 0.2) is 24.8 Å². The Bertz CT molecular complexity index is 1240. The Morgan fingerprint density at radius 1 is 1.44 bits per heavy atom. The van der Waals surface area contributed by atoms with Crippen molar-refractivity contribution in [3.05, 3.63) is 41.2 Å². The Balaban J connectivity index is 1.98. The highest BCUT2D eigenvalue weighted by Gasteiger charge is 2.25. The SMILES string of the molecule is CC(C#N)c1c(F)c(Cl)c(-c2cn3cc(NC=O)nc3cn2)c2cn[nH]c12. The number of benzene rings is 1. The summed E-state index contributed by atoms with van der Waals surface area (Å²) in [6.45, 7) is 1.59. The molecular formula is C17H11ClFN7O. The zero-order valence-corrected chi connectivity index (χ0v) is 14.6. The molecule has 3 heterocycles. The minimum absolute atomic E-state index is 0.140. The number of rotatable bonds is 4. The van der Waals surface area contributed by atoms with Crippen molar-refractivity contribution in [1.29, 1.82) is 5.26 Å². The van der Waals surface area contributed by atoms with Gasteiger partial charge in [-0.25, -0.2) is 9.37 Å². The lowest BCUT2D eigenvalue weighted by atomic mass is 9.95. The quantitative estimate of drug-likeness (QED) is 0.525. The fourth-order valence-corrected chi connectivity index (χ4v) is 3.32. The molecule has 1 aromatic carbocycles. The van der Waals surface area contributed by atoms with E-state index in [1.54, 1.807) is 23.7 Å². The van der Waals surface area contributed by atoms with Crippen LogP contribution in [0, 0.1) is 17.1 Å². The average Bonchev–Trinajstić information content (AvgIpc) is 3.28. The smallest absolute Gasteiger partial charge is 0.212 e. The summed E-state index contributed by atoms with van der Waals surface area (Å²) in [4.78, 5) is 19.1. The number of nitrogens with zero attached hydrogens (tertiary/aromatic N) is 5. The van der Waals surface area contributed by atoms with Gasteiger partial charge in [0.25, 0.3) is 0 Å². The molecule has 0 saturated carbocycles. The van der Waals surface area contributed by atoms with Crippen molar-refractivity contribution in [2.24, 2.45) is 0 Å². The van der Waals surface area contributed by atoms with Gasteiger partial charge in [-0.3, -0.25) is 14.9 Å². The Hall–Kier alpha value is -3.51. The lowest BCUT2D eigenvalue weighted by Gasteiger charge is -2.13. The summed E-state index contributed by atoms with van der Waals surface area (Å²) < 4.78 is 16.6. The van der Waals surface area contributed by atoms with Crippen molar-refractivity contribution in [2.45, 2.75) is 12.8 Å². The topological polar surface area (TPSA) is 112 Å². The van der Waals surface area contributed by atoms with Crippen LogP contribution in [0.25, 0.3) is 27.8 Å². The van der Waals surface area contributed by atoms with Crippen molar-refractivity contribution in [2.75, 3.05) is 5.32 Å². The van der Waals surface area contributed by atoms with E-state index >= 15 is 0 Å². The third kappa shape index (κ3) is 2.58. The van der Waals surface area contributed by atoms with Gasteiger partial charge in [-0.1, -0.05) is 11.6 Å². The molecule has 1 unspecified atom stereocenters. The van der Waals surface area contributed by atoms with Crippen LogP contribution in [0.3, 0.4) is 0 Å². The summed E-state index contributed by atoms with van der Waals surface area (Å²) in [5, 5.41) is 18.8. The number of fused-ring (bicyclic) bond motifs is 2. The van der Waals surface area contributed by atoms with Gasteiger partial charge in [0.2, 0.25) is 6.41 Å². The van der Waals surface area contributed by atoms with Gasteiger partial charge in [0.1, 0.15) is 5.82 Å². The van der Waals surface area contributed by atoms with Gasteiger partial charge in [0.15, 0.2) is 11.5 Å². The van der Waals surface area contributed by atoms with E-state index in [9.17, 15) is 14.4 Å². The van der Waals surface area contributed by atoms with Gasteiger partial charge in [0.05, 0.1) is 46.8 Å². The number of anilines is 1. The van der Waals surface area contributed by atoms with Crippen LogP contribution in [-0.2, 0) is 4.79 Å². The molecule has 8 nitrogen and oxygen atoms in total. The van der Waals surface area contributed by atoms with E-state index in [4.69, 9.17) is 11.6 Å². The molecule has 0 aliphatic heterocycles. The van der Waals surface area contributed by atoms with Crippen LogP contribution in [0.2, 0.25) is 5.02 Å². The number of carbonyl (C=O) groups excluding carboxylic acids is 1. The second-order valence-corrected chi connectivity index (χ2v) is 6.23. The Kier molecular flexibility index (Phi) is 3.97. The van der Waals surface area contributed by atoms with Crippen LogP contribution >= 0.6 is 11.6 Å². The molecule has 3 aromatic heterocycles. The van der Waals surface area contributed by atoms with E-state index < -0.39 is 11.7 Å². The van der Waals surface area contributed by atoms with Crippen LogP contribution in [0.4, 0.5) is 10.2 Å². The lowest BCUT2D eigenvalue weighted by Crippen LogP contribution is -2.01. The number of halogens is 2. The zero-order chi connectivity index (χ0) is 19.1. The molecule has 0 radical (unpaired) electrons. The van der Waals surface area contributed by atoms with E-state index in [2.05, 4.69) is 25.5 Å². The zero-order valence-electron chi connectivity index (χ0n) is 13.9. The summed E-state index contributed by atoms with van der Waals surface area (Å²) in [6.07, 6.45) is 6.74. The number of carbonyl (C=O) groups is 1. The minimum Gasteiger partial charge on any atom is -0.312 e. The van der Waals surface area contributed by atoms with Crippen molar-refractivity contribution in [3.63, 3.8) is 0 Å². The molecule has 0 saturated heterocycles. The first kappa shape index (κ1) is 16.9. The summed E-state index contributed by atoms with van der Waals surface area (Å²) in [7, 11) is 0. The Labute approximate surface area is 156 Å². The number of hydrogen-bond acceptors (Lipinski definition) is 5. The van der Waals surface area contributed by atoms with Gasteiger partial charge in [-0.05, 0) is 6.92 Å². The highest BCUT2D eigenvalue weighted by atomic mass is 35.5. The largest absolute Gasteiger partial charge is 0.312 e. The third-order valence-electron chi connectivity index (χ3n) is 4.26. The predicted molar refractivity (Wildman–Crippen MR) is 96.8 cm³/mol. The molecule has 27 heavy (non-hydrogen) atoms. The summed E-state index contributed by atoms with van der Waals surface area (Å²) in [6, 6.07) is 2.02. The van der Waals surface area contributed by atoms with E-state index in [-0.39, 0.29) is 10.6 Å². The molecular weight excluding hydrogens is 373 g/mol. The minimum atomic E-state index is -0.708. The molecule has 4 rings (SSSR count). The van der Waals surface area contributed by atoms with Crippen molar-refractivity contribution in [1.82, 2.24) is 24.6 Å². The van der Waals surface area contributed by atoms with Gasteiger partial charge in [0, 0.05) is 22.7 Å². The van der Waals surface area contributed by atoms with E-state index in [1.165, 1.54) is 12.4 Å². The number of aromatic nitrogens is 5.